The van der Waals surface area contributed by atoms with Crippen LogP contribution in [0.15, 0.2) is 61.3 Å². The molecule has 1 aliphatic carbocycles. The molecular weight excluding hydrogens is 302 g/mol. The highest BCUT2D eigenvalue weighted by Gasteiger charge is 2.33. The number of hydrogen-bond donors (Lipinski definition) is 1. The molecule has 0 spiro atoms. The Hall–Kier alpha value is -3.02. The van der Waals surface area contributed by atoms with Crippen LogP contribution in [0.1, 0.15) is 34.8 Å². The maximum Gasteiger partial charge on any atom is 0.251 e. The number of carbonyl (C=O) groups excluding carboxylic acids is 1. The Kier molecular flexibility index (Phi) is 3.78. The van der Waals surface area contributed by atoms with Gasteiger partial charge in [0.25, 0.3) is 5.91 Å². The predicted octanol–water partition coefficient (Wildman–Crippen LogP) is 2.54. The fraction of sp³-hybridized carbons (Fsp3) is 0.222. The molecule has 0 bridgehead atoms. The number of amides is 1. The molecule has 0 aliphatic heterocycles. The van der Waals surface area contributed by atoms with Crippen LogP contribution in [-0.4, -0.2) is 25.7 Å². The van der Waals surface area contributed by atoms with Gasteiger partial charge in [-0.3, -0.25) is 4.79 Å². The number of benzene rings is 1. The fourth-order valence-corrected chi connectivity index (χ4v) is 2.80. The molecule has 1 N–H and O–H groups in total. The third kappa shape index (κ3) is 3.03. The van der Waals surface area contributed by atoms with E-state index in [1.165, 1.54) is 11.0 Å². The highest BCUT2D eigenvalue weighted by molar-refractivity contribution is 5.94. The molecule has 1 aromatic carbocycles. The lowest BCUT2D eigenvalue weighted by molar-refractivity contribution is 0.0931. The van der Waals surface area contributed by atoms with Gasteiger partial charge in [-0.25, -0.2) is 14.6 Å². The van der Waals surface area contributed by atoms with Crippen molar-refractivity contribution in [2.24, 2.45) is 5.92 Å². The number of rotatable bonds is 5. The summed E-state index contributed by atoms with van der Waals surface area (Å²) < 4.78 is 1.53. The first-order valence-electron chi connectivity index (χ1n) is 7.98. The molecule has 1 unspecified atom stereocenters. The molecule has 1 aliphatic rings. The summed E-state index contributed by atoms with van der Waals surface area (Å²) in [7, 11) is 0. The van der Waals surface area contributed by atoms with E-state index in [0.717, 1.165) is 18.4 Å². The van der Waals surface area contributed by atoms with Crippen molar-refractivity contribution in [3.8, 4) is 5.82 Å². The smallest absolute Gasteiger partial charge is 0.251 e. The zero-order chi connectivity index (χ0) is 16.4. The van der Waals surface area contributed by atoms with Gasteiger partial charge in [-0.15, -0.1) is 0 Å². The normalized spacial score (nSPS) is 15.0. The third-order valence-corrected chi connectivity index (χ3v) is 4.20. The number of hydrogen-bond acceptors (Lipinski definition) is 4. The van der Waals surface area contributed by atoms with Gasteiger partial charge in [0.05, 0.1) is 6.04 Å². The van der Waals surface area contributed by atoms with Gasteiger partial charge in [0.15, 0.2) is 5.82 Å². The fourth-order valence-electron chi connectivity index (χ4n) is 2.80. The molecule has 4 rings (SSSR count). The second-order valence-electron chi connectivity index (χ2n) is 5.94. The second-order valence-corrected chi connectivity index (χ2v) is 5.94. The summed E-state index contributed by atoms with van der Waals surface area (Å²) in [6.45, 7) is 0. The molecule has 6 nitrogen and oxygen atoms in total. The number of aromatic nitrogens is 4. The van der Waals surface area contributed by atoms with Gasteiger partial charge in [-0.05, 0) is 36.5 Å². The Bertz CT molecular complexity index is 828. The van der Waals surface area contributed by atoms with Crippen molar-refractivity contribution in [2.75, 3.05) is 0 Å². The zero-order valence-electron chi connectivity index (χ0n) is 13.0. The summed E-state index contributed by atoms with van der Waals surface area (Å²) in [5.41, 5.74) is 1.72. The van der Waals surface area contributed by atoms with Crippen LogP contribution >= 0.6 is 0 Å². The standard InChI is InChI=1S/C18H17N5O/c24-18(15-8-9-20-16(10-15)23-12-19-11-21-23)22-17(14-6-7-14)13-4-2-1-3-5-13/h1-5,8-12,14,17H,6-7H2,(H,22,24). The molecule has 2 aromatic heterocycles. The molecule has 0 radical (unpaired) electrons. The molecule has 1 fully saturated rings. The van der Waals surface area contributed by atoms with Crippen molar-refractivity contribution < 1.29 is 4.79 Å². The van der Waals surface area contributed by atoms with E-state index in [4.69, 9.17) is 0 Å². The summed E-state index contributed by atoms with van der Waals surface area (Å²) in [6.07, 6.45) is 6.91. The Morgan fingerprint density at radius 1 is 1.21 bits per heavy atom. The van der Waals surface area contributed by atoms with Gasteiger partial charge in [-0.2, -0.15) is 5.10 Å². The predicted molar refractivity (Wildman–Crippen MR) is 88.5 cm³/mol. The minimum atomic E-state index is -0.0977. The molecular formula is C18H17N5O. The van der Waals surface area contributed by atoms with Crippen LogP contribution in [0.5, 0.6) is 0 Å². The van der Waals surface area contributed by atoms with E-state index in [0.29, 0.717) is 17.3 Å². The molecule has 1 amide bonds. The second kappa shape index (κ2) is 6.23. The molecule has 3 aromatic rings. The van der Waals surface area contributed by atoms with Gasteiger partial charge >= 0.3 is 0 Å². The summed E-state index contributed by atoms with van der Waals surface area (Å²) in [6, 6.07) is 13.6. The molecule has 24 heavy (non-hydrogen) atoms. The number of pyridine rings is 1. The zero-order valence-corrected chi connectivity index (χ0v) is 13.0. The van der Waals surface area contributed by atoms with Crippen molar-refractivity contribution in [3.63, 3.8) is 0 Å². The monoisotopic (exact) mass is 319 g/mol. The SMILES string of the molecule is O=C(NC(c1ccccc1)C1CC1)c1ccnc(-n2cncn2)c1. The number of nitrogens with zero attached hydrogens (tertiary/aromatic N) is 4. The maximum atomic E-state index is 12.7. The Balaban J connectivity index is 1.56. The largest absolute Gasteiger partial charge is 0.345 e. The first-order chi connectivity index (χ1) is 11.8. The van der Waals surface area contributed by atoms with Gasteiger partial charge in [0.2, 0.25) is 0 Å². The number of carbonyl (C=O) groups is 1. The highest BCUT2D eigenvalue weighted by Crippen LogP contribution is 2.41. The molecule has 2 heterocycles. The first kappa shape index (κ1) is 14.6. The van der Waals surface area contributed by atoms with Crippen LogP contribution in [-0.2, 0) is 0 Å². The van der Waals surface area contributed by atoms with Crippen LogP contribution in [0, 0.1) is 5.92 Å². The van der Waals surface area contributed by atoms with Gasteiger partial charge in [-0.1, -0.05) is 30.3 Å². The molecule has 0 saturated heterocycles. The average Bonchev–Trinajstić information content (AvgIpc) is 3.33. The van der Waals surface area contributed by atoms with Crippen molar-refractivity contribution in [1.29, 1.82) is 0 Å². The van der Waals surface area contributed by atoms with Crippen molar-refractivity contribution in [3.05, 3.63) is 72.4 Å². The maximum absolute atomic E-state index is 12.7. The van der Waals surface area contributed by atoms with E-state index in [1.54, 1.807) is 24.7 Å². The van der Waals surface area contributed by atoms with Crippen LogP contribution in [0.2, 0.25) is 0 Å². The van der Waals surface area contributed by atoms with Crippen molar-refractivity contribution >= 4 is 5.91 Å². The molecule has 6 heteroatoms. The third-order valence-electron chi connectivity index (χ3n) is 4.20. The Morgan fingerprint density at radius 2 is 2.04 bits per heavy atom. The van der Waals surface area contributed by atoms with E-state index in [-0.39, 0.29) is 11.9 Å². The first-order valence-corrected chi connectivity index (χ1v) is 7.98. The highest BCUT2D eigenvalue weighted by atomic mass is 16.1. The van der Waals surface area contributed by atoms with E-state index in [1.807, 2.05) is 18.2 Å². The minimum absolute atomic E-state index is 0.0571. The molecule has 1 atom stereocenters. The lowest BCUT2D eigenvalue weighted by Gasteiger charge is -2.19. The number of nitrogens with one attached hydrogen (secondary N) is 1. The summed E-state index contributed by atoms with van der Waals surface area (Å²) >= 11 is 0. The van der Waals surface area contributed by atoms with Gasteiger partial charge < -0.3 is 5.32 Å². The van der Waals surface area contributed by atoms with Crippen LogP contribution in [0.25, 0.3) is 5.82 Å². The van der Waals surface area contributed by atoms with E-state index < -0.39 is 0 Å². The van der Waals surface area contributed by atoms with Crippen molar-refractivity contribution in [1.82, 2.24) is 25.1 Å². The van der Waals surface area contributed by atoms with Crippen LogP contribution < -0.4 is 5.32 Å². The quantitative estimate of drug-likeness (QED) is 0.784. The van der Waals surface area contributed by atoms with E-state index in [9.17, 15) is 4.79 Å². The van der Waals surface area contributed by atoms with Gasteiger partial charge in [0.1, 0.15) is 12.7 Å². The average molecular weight is 319 g/mol. The van der Waals surface area contributed by atoms with Crippen LogP contribution in [0.3, 0.4) is 0 Å². The summed E-state index contributed by atoms with van der Waals surface area (Å²) in [4.78, 5) is 20.8. The van der Waals surface area contributed by atoms with Crippen LogP contribution in [0.4, 0.5) is 0 Å². The summed E-state index contributed by atoms with van der Waals surface area (Å²) in [5.74, 6) is 0.996. The van der Waals surface area contributed by atoms with E-state index >= 15 is 0 Å². The van der Waals surface area contributed by atoms with Crippen molar-refractivity contribution in [2.45, 2.75) is 18.9 Å². The molecule has 1 saturated carbocycles. The Labute approximate surface area is 139 Å². The topological polar surface area (TPSA) is 72.7 Å². The minimum Gasteiger partial charge on any atom is -0.345 e. The summed E-state index contributed by atoms with van der Waals surface area (Å²) in [5, 5.41) is 7.22. The van der Waals surface area contributed by atoms with Gasteiger partial charge in [0, 0.05) is 11.8 Å². The van der Waals surface area contributed by atoms with E-state index in [2.05, 4.69) is 32.5 Å². The lowest BCUT2D eigenvalue weighted by Crippen LogP contribution is -2.30. The lowest BCUT2D eigenvalue weighted by atomic mass is 10.0. The molecule has 120 valence electrons. The Morgan fingerprint density at radius 3 is 2.75 bits per heavy atom.